The third kappa shape index (κ3) is 4.25. The first-order valence-corrected chi connectivity index (χ1v) is 9.91. The van der Waals surface area contributed by atoms with Gasteiger partial charge in [0.1, 0.15) is 18.1 Å². The van der Waals surface area contributed by atoms with Gasteiger partial charge in [0, 0.05) is 31.7 Å². The van der Waals surface area contributed by atoms with Gasteiger partial charge in [-0.2, -0.15) is 0 Å². The van der Waals surface area contributed by atoms with E-state index >= 15 is 0 Å². The van der Waals surface area contributed by atoms with Gasteiger partial charge in [0.05, 0.1) is 18.4 Å². The van der Waals surface area contributed by atoms with Crippen molar-refractivity contribution in [3.63, 3.8) is 0 Å². The van der Waals surface area contributed by atoms with Crippen molar-refractivity contribution in [3.8, 4) is 11.5 Å². The molecule has 0 N–H and O–H groups in total. The van der Waals surface area contributed by atoms with Crippen molar-refractivity contribution in [2.24, 2.45) is 0 Å². The molecule has 0 unspecified atom stereocenters. The maximum atomic E-state index is 12.5. The molecule has 0 aliphatic carbocycles. The molecule has 0 bridgehead atoms. The van der Waals surface area contributed by atoms with Gasteiger partial charge in [0.25, 0.3) is 5.91 Å². The summed E-state index contributed by atoms with van der Waals surface area (Å²) < 4.78 is 16.2. The van der Waals surface area contributed by atoms with Crippen LogP contribution in [0.1, 0.15) is 5.56 Å². The third-order valence-corrected chi connectivity index (χ3v) is 5.28. The van der Waals surface area contributed by atoms with Crippen molar-refractivity contribution < 1.29 is 23.8 Å². The molecule has 2 aromatic carbocycles. The number of carbonyl (C=O) groups is 2. The lowest BCUT2D eigenvalue weighted by atomic mass is 10.1. The van der Waals surface area contributed by atoms with Gasteiger partial charge in [-0.15, -0.1) is 0 Å². The molecule has 2 aliphatic rings. The highest BCUT2D eigenvalue weighted by atomic mass is 16.5. The first-order valence-electron chi connectivity index (χ1n) is 9.91. The van der Waals surface area contributed by atoms with Gasteiger partial charge in [0.2, 0.25) is 0 Å². The number of anilines is 1. The molecule has 0 spiro atoms. The molecule has 2 aromatic rings. The van der Waals surface area contributed by atoms with Gasteiger partial charge in [-0.1, -0.05) is 30.3 Å². The van der Waals surface area contributed by atoms with E-state index in [1.807, 2.05) is 48.5 Å². The minimum Gasteiger partial charge on any atom is -0.495 e. The topological polar surface area (TPSA) is 68.3 Å². The number of hydrogen-bond donors (Lipinski definition) is 0. The molecule has 30 heavy (non-hydrogen) atoms. The van der Waals surface area contributed by atoms with E-state index in [1.54, 1.807) is 18.1 Å². The Labute approximate surface area is 175 Å². The van der Waals surface area contributed by atoms with E-state index in [0.717, 1.165) is 22.7 Å². The van der Waals surface area contributed by atoms with Gasteiger partial charge in [-0.05, 0) is 24.3 Å². The third-order valence-electron chi connectivity index (χ3n) is 5.28. The Balaban J connectivity index is 1.28. The molecule has 7 heteroatoms. The molecule has 0 atom stereocenters. The Bertz CT molecular complexity index is 964. The predicted molar refractivity (Wildman–Crippen MR) is 113 cm³/mol. The lowest BCUT2D eigenvalue weighted by molar-refractivity contribution is -0.149. The Hall–Kier alpha value is -3.48. The number of piperazine rings is 1. The first kappa shape index (κ1) is 19.8. The SMILES string of the molecule is COc1ccccc1N1CCN(C(=O)COC(=O)C2=Cc3ccccc3OC2)CC1. The molecular weight excluding hydrogens is 384 g/mol. The van der Waals surface area contributed by atoms with Crippen LogP contribution in [0.25, 0.3) is 6.08 Å². The molecule has 1 amide bonds. The monoisotopic (exact) mass is 408 g/mol. The van der Waals surface area contributed by atoms with Gasteiger partial charge in [-0.25, -0.2) is 4.79 Å². The van der Waals surface area contributed by atoms with Gasteiger partial charge in [-0.3, -0.25) is 4.79 Å². The number of amides is 1. The van der Waals surface area contributed by atoms with E-state index in [-0.39, 0.29) is 19.1 Å². The van der Waals surface area contributed by atoms with E-state index in [1.165, 1.54) is 0 Å². The summed E-state index contributed by atoms with van der Waals surface area (Å²) >= 11 is 0. The number of carbonyl (C=O) groups excluding carboxylic acids is 2. The normalized spacial score (nSPS) is 15.6. The minimum absolute atomic E-state index is 0.140. The van der Waals surface area contributed by atoms with E-state index < -0.39 is 5.97 Å². The molecule has 2 aliphatic heterocycles. The fourth-order valence-electron chi connectivity index (χ4n) is 3.63. The Morgan fingerprint density at radius 1 is 1.00 bits per heavy atom. The van der Waals surface area contributed by atoms with Crippen LogP contribution in [0.15, 0.2) is 54.1 Å². The number of benzene rings is 2. The van der Waals surface area contributed by atoms with Crippen LogP contribution in [0.4, 0.5) is 5.69 Å². The predicted octanol–water partition coefficient (Wildman–Crippen LogP) is 2.36. The molecule has 1 fully saturated rings. The van der Waals surface area contributed by atoms with Gasteiger partial charge < -0.3 is 24.0 Å². The van der Waals surface area contributed by atoms with Crippen LogP contribution >= 0.6 is 0 Å². The maximum Gasteiger partial charge on any atom is 0.338 e. The zero-order valence-corrected chi connectivity index (χ0v) is 16.9. The van der Waals surface area contributed by atoms with E-state index in [4.69, 9.17) is 14.2 Å². The second-order valence-corrected chi connectivity index (χ2v) is 7.11. The quantitative estimate of drug-likeness (QED) is 0.708. The van der Waals surface area contributed by atoms with Crippen LogP contribution in [0, 0.1) is 0 Å². The van der Waals surface area contributed by atoms with Crippen molar-refractivity contribution in [1.29, 1.82) is 0 Å². The molecule has 4 rings (SSSR count). The van der Waals surface area contributed by atoms with Crippen LogP contribution < -0.4 is 14.4 Å². The van der Waals surface area contributed by atoms with Crippen LogP contribution in [0.2, 0.25) is 0 Å². The number of para-hydroxylation sites is 3. The fourth-order valence-corrected chi connectivity index (χ4v) is 3.63. The summed E-state index contributed by atoms with van der Waals surface area (Å²) in [5.74, 6) is 0.833. The zero-order valence-electron chi connectivity index (χ0n) is 16.9. The molecule has 0 saturated carbocycles. The van der Waals surface area contributed by atoms with E-state index in [2.05, 4.69) is 4.90 Å². The summed E-state index contributed by atoms with van der Waals surface area (Å²) in [4.78, 5) is 28.8. The highest BCUT2D eigenvalue weighted by molar-refractivity contribution is 5.96. The average Bonchev–Trinajstić information content (AvgIpc) is 2.82. The standard InChI is InChI=1S/C23H24N2O5/c1-28-21-9-5-3-7-19(21)24-10-12-25(13-11-24)22(26)16-30-23(27)18-14-17-6-2-4-8-20(17)29-15-18/h2-9,14H,10-13,15-16H2,1H3. The van der Waals surface area contributed by atoms with E-state index in [0.29, 0.717) is 31.8 Å². The number of methoxy groups -OCH3 is 1. The van der Waals surface area contributed by atoms with E-state index in [9.17, 15) is 9.59 Å². The first-order chi connectivity index (χ1) is 14.7. The maximum absolute atomic E-state index is 12.5. The van der Waals surface area contributed by atoms with Crippen LogP contribution in [-0.2, 0) is 14.3 Å². The molecule has 2 heterocycles. The summed E-state index contributed by atoms with van der Waals surface area (Å²) in [6, 6.07) is 15.3. The van der Waals surface area contributed by atoms with Crippen molar-refractivity contribution in [2.75, 3.05) is 51.4 Å². The second-order valence-electron chi connectivity index (χ2n) is 7.11. The summed E-state index contributed by atoms with van der Waals surface area (Å²) in [6.45, 7) is 2.38. The van der Waals surface area contributed by atoms with Gasteiger partial charge in [0.15, 0.2) is 6.61 Å². The van der Waals surface area contributed by atoms with Crippen LogP contribution in [0.5, 0.6) is 11.5 Å². The van der Waals surface area contributed by atoms with Crippen molar-refractivity contribution in [1.82, 2.24) is 4.90 Å². The highest BCUT2D eigenvalue weighted by Gasteiger charge is 2.25. The molecule has 1 saturated heterocycles. The van der Waals surface area contributed by atoms with Gasteiger partial charge >= 0.3 is 5.97 Å². The molecular formula is C23H24N2O5. The lowest BCUT2D eigenvalue weighted by Gasteiger charge is -2.36. The summed E-state index contributed by atoms with van der Waals surface area (Å²) in [5, 5.41) is 0. The van der Waals surface area contributed by atoms with Crippen LogP contribution in [-0.4, -0.2) is 63.3 Å². The fraction of sp³-hybridized carbons (Fsp3) is 0.304. The smallest absolute Gasteiger partial charge is 0.338 e. The van der Waals surface area contributed by atoms with Crippen LogP contribution in [0.3, 0.4) is 0 Å². The Morgan fingerprint density at radius 2 is 1.73 bits per heavy atom. The van der Waals surface area contributed by atoms with Crippen molar-refractivity contribution in [3.05, 3.63) is 59.7 Å². The Kier molecular flexibility index (Phi) is 5.88. The highest BCUT2D eigenvalue weighted by Crippen LogP contribution is 2.28. The number of esters is 1. The number of nitrogens with zero attached hydrogens (tertiary/aromatic N) is 2. The summed E-state index contributed by atoms with van der Waals surface area (Å²) in [5.41, 5.74) is 2.25. The minimum atomic E-state index is -0.523. The number of hydrogen-bond acceptors (Lipinski definition) is 6. The average molecular weight is 408 g/mol. The number of ether oxygens (including phenoxy) is 3. The second kappa shape index (κ2) is 8.90. The molecule has 156 valence electrons. The lowest BCUT2D eigenvalue weighted by Crippen LogP contribution is -2.50. The number of fused-ring (bicyclic) bond motifs is 1. The molecule has 7 nitrogen and oxygen atoms in total. The Morgan fingerprint density at radius 3 is 2.53 bits per heavy atom. The molecule has 0 radical (unpaired) electrons. The molecule has 0 aromatic heterocycles. The summed E-state index contributed by atoms with van der Waals surface area (Å²) in [6.07, 6.45) is 1.75. The largest absolute Gasteiger partial charge is 0.495 e. The van der Waals surface area contributed by atoms with Crippen molar-refractivity contribution >= 4 is 23.6 Å². The number of rotatable bonds is 5. The summed E-state index contributed by atoms with van der Waals surface area (Å²) in [7, 11) is 1.65. The van der Waals surface area contributed by atoms with Crippen molar-refractivity contribution in [2.45, 2.75) is 0 Å². The zero-order chi connectivity index (χ0) is 20.9.